The van der Waals surface area contributed by atoms with E-state index in [4.69, 9.17) is 0 Å². The summed E-state index contributed by atoms with van der Waals surface area (Å²) in [5, 5.41) is 0. The lowest BCUT2D eigenvalue weighted by Crippen LogP contribution is -2.61. The monoisotopic (exact) mass is 414 g/mol. The second kappa shape index (κ2) is 6.41. The van der Waals surface area contributed by atoms with Gasteiger partial charge in [0, 0.05) is 13.8 Å². The average molecular weight is 414 g/mol. The Morgan fingerprint density at radius 3 is 1.95 bits per heavy atom. The Morgan fingerprint density at radius 1 is 1.10 bits per heavy atom. The number of ether oxygens (including phenoxy) is 3. The van der Waals surface area contributed by atoms with Crippen molar-refractivity contribution in [3.63, 3.8) is 0 Å². The summed E-state index contributed by atoms with van der Waals surface area (Å²) in [4.78, 5) is 21.8. The Labute approximate surface area is 125 Å². The van der Waals surface area contributed by atoms with Gasteiger partial charge in [-0.1, -0.05) is 0 Å². The largest absolute Gasteiger partial charge is 0.455 e. The van der Waals surface area contributed by atoms with E-state index in [-0.39, 0.29) is 0 Å². The third kappa shape index (κ3) is 4.17. The quantitative estimate of drug-likeness (QED) is 0.299. The zero-order valence-corrected chi connectivity index (χ0v) is 12.5. The van der Waals surface area contributed by atoms with Crippen molar-refractivity contribution in [2.24, 2.45) is 0 Å². The van der Waals surface area contributed by atoms with Crippen molar-refractivity contribution in [3.05, 3.63) is 0 Å². The van der Waals surface area contributed by atoms with E-state index in [1.165, 1.54) is 22.6 Å². The number of hydrogen-bond donors (Lipinski definition) is 0. The third-order valence-electron chi connectivity index (χ3n) is 2.39. The second-order valence-electron chi connectivity index (χ2n) is 4.04. The molecule has 0 aromatic carbocycles. The standard InChI is InChI=1S/C10H11F4IO5/c1-3(16)18-6-5(11)9(15)20-8(10(12,13)14)7(6)19-4(2)17/h5-9H,1-2H3/t5-,6+,7+,8-,9?/m1/s1. The van der Waals surface area contributed by atoms with Gasteiger partial charge in [-0.3, -0.25) is 9.59 Å². The highest BCUT2D eigenvalue weighted by molar-refractivity contribution is 14.1. The van der Waals surface area contributed by atoms with Crippen LogP contribution in [-0.4, -0.2) is 46.7 Å². The first-order chi connectivity index (χ1) is 9.04. The van der Waals surface area contributed by atoms with E-state index in [9.17, 15) is 27.2 Å². The molecule has 1 rings (SSSR count). The van der Waals surface area contributed by atoms with Crippen LogP contribution in [0.2, 0.25) is 0 Å². The van der Waals surface area contributed by atoms with Gasteiger partial charge in [0.25, 0.3) is 0 Å². The Balaban J connectivity index is 3.11. The van der Waals surface area contributed by atoms with Crippen LogP contribution in [0.15, 0.2) is 0 Å². The molecule has 0 bridgehead atoms. The smallest absolute Gasteiger partial charge is 0.418 e. The molecule has 0 radical (unpaired) electrons. The molecule has 116 valence electrons. The Morgan fingerprint density at radius 2 is 1.55 bits per heavy atom. The second-order valence-corrected chi connectivity index (χ2v) is 5.27. The first-order valence-electron chi connectivity index (χ1n) is 5.38. The molecule has 5 nitrogen and oxygen atoms in total. The van der Waals surface area contributed by atoms with Crippen LogP contribution in [0.25, 0.3) is 0 Å². The van der Waals surface area contributed by atoms with Gasteiger partial charge in [0.2, 0.25) is 0 Å². The van der Waals surface area contributed by atoms with Crippen molar-refractivity contribution in [1.82, 2.24) is 0 Å². The Kier molecular flexibility index (Phi) is 5.58. The maximum atomic E-state index is 13.9. The number of rotatable bonds is 2. The van der Waals surface area contributed by atoms with Gasteiger partial charge < -0.3 is 14.2 Å². The summed E-state index contributed by atoms with van der Waals surface area (Å²) in [6, 6.07) is 0. The molecule has 0 aromatic heterocycles. The van der Waals surface area contributed by atoms with Crippen molar-refractivity contribution < 1.29 is 41.4 Å². The van der Waals surface area contributed by atoms with Crippen LogP contribution < -0.4 is 0 Å². The van der Waals surface area contributed by atoms with Crippen molar-refractivity contribution in [2.45, 2.75) is 48.6 Å². The minimum Gasteiger partial charge on any atom is -0.455 e. The minimum atomic E-state index is -4.90. The number of halogens is 5. The van der Waals surface area contributed by atoms with Crippen LogP contribution in [0.3, 0.4) is 0 Å². The SMILES string of the molecule is CC(=O)O[C@@H]1[C@H](OC(C)=O)[C@H](C(F)(F)F)OC(I)[C@@H]1F. The average Bonchev–Trinajstić information content (AvgIpc) is 2.25. The minimum absolute atomic E-state index is 0.863. The lowest BCUT2D eigenvalue weighted by atomic mass is 10.00. The Hall–Kier alpha value is -0.650. The molecule has 0 N–H and O–H groups in total. The van der Waals surface area contributed by atoms with E-state index in [0.717, 1.165) is 13.8 Å². The maximum absolute atomic E-state index is 13.9. The summed E-state index contributed by atoms with van der Waals surface area (Å²) in [7, 11) is 0. The molecule has 10 heteroatoms. The van der Waals surface area contributed by atoms with E-state index >= 15 is 0 Å². The predicted molar refractivity (Wildman–Crippen MR) is 64.7 cm³/mol. The first-order valence-corrected chi connectivity index (χ1v) is 6.63. The zero-order valence-electron chi connectivity index (χ0n) is 10.3. The van der Waals surface area contributed by atoms with E-state index in [0.29, 0.717) is 0 Å². The van der Waals surface area contributed by atoms with Crippen LogP contribution in [0, 0.1) is 0 Å². The lowest BCUT2D eigenvalue weighted by molar-refractivity contribution is -0.292. The molecule has 20 heavy (non-hydrogen) atoms. The predicted octanol–water partition coefficient (Wildman–Crippen LogP) is 1.91. The molecule has 1 fully saturated rings. The van der Waals surface area contributed by atoms with E-state index in [2.05, 4.69) is 14.2 Å². The molecule has 1 heterocycles. The van der Waals surface area contributed by atoms with Crippen LogP contribution in [-0.2, 0) is 23.8 Å². The van der Waals surface area contributed by atoms with Crippen LogP contribution in [0.1, 0.15) is 13.8 Å². The highest BCUT2D eigenvalue weighted by Crippen LogP contribution is 2.38. The van der Waals surface area contributed by atoms with E-state index < -0.39 is 46.7 Å². The van der Waals surface area contributed by atoms with Gasteiger partial charge in [0.1, 0.15) is 4.11 Å². The lowest BCUT2D eigenvalue weighted by Gasteiger charge is -2.41. The number of esters is 2. The molecule has 0 aromatic rings. The van der Waals surface area contributed by atoms with Gasteiger partial charge in [0.05, 0.1) is 0 Å². The summed E-state index contributed by atoms with van der Waals surface area (Å²) >= 11 is 1.31. The number of carbonyl (C=O) groups excluding carboxylic acids is 2. The van der Waals surface area contributed by atoms with Gasteiger partial charge >= 0.3 is 18.1 Å². The van der Waals surface area contributed by atoms with E-state index in [1.54, 1.807) is 0 Å². The first kappa shape index (κ1) is 17.4. The highest BCUT2D eigenvalue weighted by Gasteiger charge is 2.59. The topological polar surface area (TPSA) is 61.8 Å². The highest BCUT2D eigenvalue weighted by atomic mass is 127. The summed E-state index contributed by atoms with van der Waals surface area (Å²) in [6.07, 6.45) is -13.5. The maximum Gasteiger partial charge on any atom is 0.418 e. The van der Waals surface area contributed by atoms with Crippen LogP contribution >= 0.6 is 22.6 Å². The fourth-order valence-corrected chi connectivity index (χ4v) is 2.43. The molecule has 0 spiro atoms. The van der Waals surface area contributed by atoms with Crippen LogP contribution in [0.4, 0.5) is 17.6 Å². The summed E-state index contributed by atoms with van der Waals surface area (Å²) in [5.74, 6) is -2.05. The number of carbonyl (C=O) groups is 2. The molecule has 1 saturated heterocycles. The molecule has 0 saturated carbocycles. The van der Waals surface area contributed by atoms with E-state index in [1.807, 2.05) is 0 Å². The summed E-state index contributed by atoms with van der Waals surface area (Å²) in [6.45, 7) is 1.78. The van der Waals surface area contributed by atoms with Crippen molar-refractivity contribution in [3.8, 4) is 0 Å². The molecular weight excluding hydrogens is 403 g/mol. The van der Waals surface area contributed by atoms with Crippen molar-refractivity contribution >= 4 is 34.5 Å². The Bertz CT molecular complexity index is 388. The number of alkyl halides is 5. The molecule has 1 unspecified atom stereocenters. The fraction of sp³-hybridized carbons (Fsp3) is 0.800. The molecule has 5 atom stereocenters. The summed E-state index contributed by atoms with van der Waals surface area (Å²) in [5.41, 5.74) is 0. The fourth-order valence-electron chi connectivity index (χ4n) is 1.70. The van der Waals surface area contributed by atoms with Gasteiger partial charge in [-0.15, -0.1) is 0 Å². The van der Waals surface area contributed by atoms with Gasteiger partial charge in [-0.25, -0.2) is 4.39 Å². The van der Waals surface area contributed by atoms with Gasteiger partial charge in [0.15, 0.2) is 24.5 Å². The van der Waals surface area contributed by atoms with Crippen molar-refractivity contribution in [1.29, 1.82) is 0 Å². The molecule has 1 aliphatic rings. The summed E-state index contributed by atoms with van der Waals surface area (Å²) < 4.78 is 64.5. The molecule has 0 amide bonds. The molecule has 0 aliphatic carbocycles. The third-order valence-corrected chi connectivity index (χ3v) is 3.37. The van der Waals surface area contributed by atoms with Gasteiger partial charge in [-0.2, -0.15) is 13.2 Å². The number of hydrogen-bond acceptors (Lipinski definition) is 5. The molecular formula is C10H11F4IO5. The molecule has 1 aliphatic heterocycles. The zero-order chi connectivity index (χ0) is 15.7. The normalized spacial score (nSPS) is 34.5. The van der Waals surface area contributed by atoms with Gasteiger partial charge in [-0.05, 0) is 22.6 Å². The van der Waals surface area contributed by atoms with Crippen molar-refractivity contribution in [2.75, 3.05) is 0 Å². The van der Waals surface area contributed by atoms with Crippen LogP contribution in [0.5, 0.6) is 0 Å².